The quantitative estimate of drug-likeness (QED) is 0.700. The fourth-order valence-corrected chi connectivity index (χ4v) is 2.61. The Morgan fingerprint density at radius 3 is 2.79 bits per heavy atom. The molecule has 98 valence electrons. The molecular weight excluding hydrogens is 248 g/mol. The van der Waals surface area contributed by atoms with Crippen molar-refractivity contribution in [1.29, 1.82) is 0 Å². The molecule has 1 aromatic rings. The molecule has 0 radical (unpaired) electrons. The molecule has 0 aromatic heterocycles. The summed E-state index contributed by atoms with van der Waals surface area (Å²) in [4.78, 5) is 36.4. The largest absolute Gasteiger partial charge is 0.508 e. The molecule has 1 saturated heterocycles. The number of benzene rings is 1. The van der Waals surface area contributed by atoms with Crippen LogP contribution in [0.1, 0.15) is 18.4 Å². The molecule has 2 N–H and O–H groups in total. The second-order valence-corrected chi connectivity index (χ2v) is 4.68. The molecule has 6 heteroatoms. The summed E-state index contributed by atoms with van der Waals surface area (Å²) in [5.41, 5.74) is 1.09. The van der Waals surface area contributed by atoms with E-state index in [0.29, 0.717) is 17.7 Å². The highest BCUT2D eigenvalue weighted by Crippen LogP contribution is 2.37. The molecule has 1 atom stereocenters. The first kappa shape index (κ1) is 11.7. The number of phenolic OH excluding ortho intramolecular Hbond substituents is 1. The number of fused-ring (bicyclic) bond motifs is 1. The van der Waals surface area contributed by atoms with E-state index in [1.807, 2.05) is 0 Å². The van der Waals surface area contributed by atoms with Gasteiger partial charge in [-0.15, -0.1) is 0 Å². The van der Waals surface area contributed by atoms with Gasteiger partial charge in [-0.05, 0) is 18.6 Å². The van der Waals surface area contributed by atoms with E-state index in [-0.39, 0.29) is 30.4 Å². The van der Waals surface area contributed by atoms with Crippen molar-refractivity contribution in [3.8, 4) is 5.75 Å². The molecule has 0 aliphatic carbocycles. The number of piperidine rings is 1. The predicted octanol–water partition coefficient (Wildman–Crippen LogP) is 0.0865. The van der Waals surface area contributed by atoms with Crippen molar-refractivity contribution in [2.75, 3.05) is 4.90 Å². The van der Waals surface area contributed by atoms with Gasteiger partial charge in [0.15, 0.2) is 0 Å². The lowest BCUT2D eigenvalue weighted by molar-refractivity contribution is -0.135. The van der Waals surface area contributed by atoms with Gasteiger partial charge in [0, 0.05) is 12.0 Å². The van der Waals surface area contributed by atoms with Crippen molar-refractivity contribution in [3.05, 3.63) is 23.8 Å². The molecular formula is C13H12N2O4. The Labute approximate surface area is 109 Å². The summed E-state index contributed by atoms with van der Waals surface area (Å²) >= 11 is 0. The van der Waals surface area contributed by atoms with Gasteiger partial charge in [-0.25, -0.2) is 0 Å². The molecule has 1 unspecified atom stereocenters. The van der Waals surface area contributed by atoms with E-state index in [0.717, 1.165) is 0 Å². The van der Waals surface area contributed by atoms with Crippen molar-refractivity contribution in [2.45, 2.75) is 25.3 Å². The van der Waals surface area contributed by atoms with Crippen LogP contribution in [-0.4, -0.2) is 28.9 Å². The Hall–Kier alpha value is -2.37. The van der Waals surface area contributed by atoms with Crippen molar-refractivity contribution in [2.24, 2.45) is 0 Å². The van der Waals surface area contributed by atoms with Crippen molar-refractivity contribution < 1.29 is 19.5 Å². The number of hydrogen-bond acceptors (Lipinski definition) is 4. The maximum absolute atomic E-state index is 12.1. The van der Waals surface area contributed by atoms with Crippen molar-refractivity contribution >= 4 is 23.4 Å². The minimum atomic E-state index is -0.673. The highest BCUT2D eigenvalue weighted by atomic mass is 16.3. The molecule has 2 heterocycles. The Morgan fingerprint density at radius 2 is 2.05 bits per heavy atom. The van der Waals surface area contributed by atoms with E-state index in [1.54, 1.807) is 12.1 Å². The molecule has 2 aliphatic rings. The third kappa shape index (κ3) is 1.76. The third-order valence-electron chi connectivity index (χ3n) is 3.50. The second-order valence-electron chi connectivity index (χ2n) is 4.68. The summed E-state index contributed by atoms with van der Waals surface area (Å²) in [5.74, 6) is -0.948. The van der Waals surface area contributed by atoms with Gasteiger partial charge >= 0.3 is 0 Å². The minimum Gasteiger partial charge on any atom is -0.508 e. The number of imide groups is 1. The van der Waals surface area contributed by atoms with Gasteiger partial charge in [-0.2, -0.15) is 0 Å². The van der Waals surface area contributed by atoms with Gasteiger partial charge in [-0.1, -0.05) is 6.07 Å². The van der Waals surface area contributed by atoms with Crippen LogP contribution >= 0.6 is 0 Å². The topological polar surface area (TPSA) is 86.7 Å². The zero-order chi connectivity index (χ0) is 13.6. The van der Waals surface area contributed by atoms with Gasteiger partial charge in [0.05, 0.1) is 12.1 Å². The summed E-state index contributed by atoms with van der Waals surface area (Å²) in [7, 11) is 0. The van der Waals surface area contributed by atoms with Crippen LogP contribution in [0.4, 0.5) is 5.69 Å². The highest BCUT2D eigenvalue weighted by Gasteiger charge is 2.40. The predicted molar refractivity (Wildman–Crippen MR) is 65.5 cm³/mol. The highest BCUT2D eigenvalue weighted by molar-refractivity contribution is 6.10. The summed E-state index contributed by atoms with van der Waals surface area (Å²) in [6.45, 7) is 0. The number of nitrogens with zero attached hydrogens (tertiary/aromatic N) is 1. The molecule has 19 heavy (non-hydrogen) atoms. The molecule has 2 aliphatic heterocycles. The second kappa shape index (κ2) is 4.08. The van der Waals surface area contributed by atoms with Crippen LogP contribution in [0.3, 0.4) is 0 Å². The Bertz CT molecular complexity index is 596. The number of anilines is 1. The minimum absolute atomic E-state index is 0.0562. The Morgan fingerprint density at radius 1 is 1.26 bits per heavy atom. The number of nitrogens with one attached hydrogen (secondary N) is 1. The number of carbonyl (C=O) groups excluding carboxylic acids is 3. The van der Waals surface area contributed by atoms with Crippen LogP contribution in [-0.2, 0) is 20.8 Å². The van der Waals surface area contributed by atoms with Gasteiger partial charge in [-0.3, -0.25) is 24.6 Å². The Kier molecular flexibility index (Phi) is 2.51. The zero-order valence-electron chi connectivity index (χ0n) is 10.0. The number of amides is 3. The molecule has 1 fully saturated rings. The first-order chi connectivity index (χ1) is 9.08. The third-order valence-corrected chi connectivity index (χ3v) is 3.50. The van der Waals surface area contributed by atoms with Gasteiger partial charge in [0.25, 0.3) is 0 Å². The first-order valence-electron chi connectivity index (χ1n) is 6.04. The number of carbonyl (C=O) groups is 3. The maximum atomic E-state index is 12.1. The zero-order valence-corrected chi connectivity index (χ0v) is 10.0. The van der Waals surface area contributed by atoms with Crippen LogP contribution in [0.15, 0.2) is 18.2 Å². The van der Waals surface area contributed by atoms with Crippen LogP contribution in [0.5, 0.6) is 5.75 Å². The molecule has 0 saturated carbocycles. The van der Waals surface area contributed by atoms with E-state index < -0.39 is 11.9 Å². The standard InChI is InChI=1S/C13H12N2O4/c16-10-3-1-2-8-7(10)6-12(18)15(8)9-4-5-11(17)14-13(9)19/h1-3,9,16H,4-6H2,(H,14,17,19). The number of phenols is 1. The lowest BCUT2D eigenvalue weighted by Crippen LogP contribution is -2.53. The van der Waals surface area contributed by atoms with Crippen LogP contribution < -0.4 is 10.2 Å². The van der Waals surface area contributed by atoms with Gasteiger partial charge in [0.1, 0.15) is 11.8 Å². The first-order valence-corrected chi connectivity index (χ1v) is 6.04. The van der Waals surface area contributed by atoms with Crippen molar-refractivity contribution in [1.82, 2.24) is 5.32 Å². The lowest BCUT2D eigenvalue weighted by atomic mass is 10.0. The summed E-state index contributed by atoms with van der Waals surface area (Å²) in [6, 6.07) is 4.17. The fraction of sp³-hybridized carbons (Fsp3) is 0.308. The SMILES string of the molecule is O=C1CCC(N2C(=O)Cc3c(O)cccc32)C(=O)N1. The van der Waals surface area contributed by atoms with Gasteiger partial charge < -0.3 is 5.11 Å². The summed E-state index contributed by atoms with van der Waals surface area (Å²) in [6.07, 6.45) is 0.611. The number of hydrogen-bond donors (Lipinski definition) is 2. The fourth-order valence-electron chi connectivity index (χ4n) is 2.61. The molecule has 3 amide bonds. The van der Waals surface area contributed by atoms with Crippen LogP contribution in [0.25, 0.3) is 0 Å². The monoisotopic (exact) mass is 260 g/mol. The van der Waals surface area contributed by atoms with E-state index in [4.69, 9.17) is 0 Å². The molecule has 0 bridgehead atoms. The average Bonchev–Trinajstić information content (AvgIpc) is 2.68. The van der Waals surface area contributed by atoms with E-state index >= 15 is 0 Å². The molecule has 3 rings (SSSR count). The number of aromatic hydroxyl groups is 1. The normalized spacial score (nSPS) is 22.4. The summed E-state index contributed by atoms with van der Waals surface area (Å²) in [5, 5.41) is 12.0. The summed E-state index contributed by atoms with van der Waals surface area (Å²) < 4.78 is 0. The van der Waals surface area contributed by atoms with E-state index in [1.165, 1.54) is 11.0 Å². The van der Waals surface area contributed by atoms with Crippen LogP contribution in [0, 0.1) is 0 Å². The van der Waals surface area contributed by atoms with E-state index in [9.17, 15) is 19.5 Å². The van der Waals surface area contributed by atoms with E-state index in [2.05, 4.69) is 5.32 Å². The average molecular weight is 260 g/mol. The van der Waals surface area contributed by atoms with Gasteiger partial charge in [0.2, 0.25) is 17.7 Å². The van der Waals surface area contributed by atoms with Crippen molar-refractivity contribution in [3.63, 3.8) is 0 Å². The molecule has 6 nitrogen and oxygen atoms in total. The maximum Gasteiger partial charge on any atom is 0.249 e. The van der Waals surface area contributed by atoms with Crippen LogP contribution in [0.2, 0.25) is 0 Å². The molecule has 1 aromatic carbocycles. The number of rotatable bonds is 1. The Balaban J connectivity index is 1.98. The smallest absolute Gasteiger partial charge is 0.249 e. The lowest BCUT2D eigenvalue weighted by Gasteiger charge is -2.30. The molecule has 0 spiro atoms.